The first-order chi connectivity index (χ1) is 10.9. The molecule has 7 nitrogen and oxygen atoms in total. The van der Waals surface area contributed by atoms with Gasteiger partial charge in [0.2, 0.25) is 6.79 Å². The summed E-state index contributed by atoms with van der Waals surface area (Å²) in [6.07, 6.45) is 2.98. The van der Waals surface area contributed by atoms with Crippen molar-refractivity contribution in [2.24, 2.45) is 0 Å². The van der Waals surface area contributed by atoms with Crippen molar-refractivity contribution in [2.45, 2.75) is 26.3 Å². The lowest BCUT2D eigenvalue weighted by Gasteiger charge is -2.20. The van der Waals surface area contributed by atoms with E-state index in [2.05, 4.69) is 20.6 Å². The maximum atomic E-state index is 12.2. The fourth-order valence-corrected chi connectivity index (χ4v) is 2.06. The van der Waals surface area contributed by atoms with Crippen molar-refractivity contribution in [3.05, 3.63) is 36.3 Å². The second-order valence-electron chi connectivity index (χ2n) is 6.18. The highest BCUT2D eigenvalue weighted by atomic mass is 16.7. The number of carbonyl (C=O) groups excluding carboxylic acids is 1. The van der Waals surface area contributed by atoms with Crippen LogP contribution in [0.25, 0.3) is 0 Å². The van der Waals surface area contributed by atoms with Crippen molar-refractivity contribution in [3.63, 3.8) is 0 Å². The van der Waals surface area contributed by atoms with Gasteiger partial charge in [-0.15, -0.1) is 0 Å². The molecule has 1 aliphatic heterocycles. The lowest BCUT2D eigenvalue weighted by Crippen LogP contribution is -2.27. The third-order valence-corrected chi connectivity index (χ3v) is 3.02. The first-order valence-corrected chi connectivity index (χ1v) is 7.22. The van der Waals surface area contributed by atoms with Gasteiger partial charge in [0.25, 0.3) is 5.91 Å². The first-order valence-electron chi connectivity index (χ1n) is 7.22. The smallest absolute Gasteiger partial charge is 0.275 e. The van der Waals surface area contributed by atoms with E-state index >= 15 is 0 Å². The number of nitrogens with zero attached hydrogens (tertiary/aromatic N) is 2. The summed E-state index contributed by atoms with van der Waals surface area (Å²) in [5.41, 5.74) is 0.727. The molecule has 0 spiro atoms. The fraction of sp³-hybridized carbons (Fsp3) is 0.312. The van der Waals surface area contributed by atoms with Crippen molar-refractivity contribution in [1.29, 1.82) is 0 Å². The number of hydrogen-bond donors (Lipinski definition) is 2. The SMILES string of the molecule is CC(C)(C)Nc1cnc(C(=O)Nc2ccc3c(c2)OCO3)cn1. The Morgan fingerprint density at radius 1 is 1.13 bits per heavy atom. The van der Waals surface area contributed by atoms with Crippen molar-refractivity contribution >= 4 is 17.4 Å². The van der Waals surface area contributed by atoms with Gasteiger partial charge in [-0.25, -0.2) is 9.97 Å². The minimum absolute atomic E-state index is 0.120. The summed E-state index contributed by atoms with van der Waals surface area (Å²) in [5, 5.41) is 5.95. The van der Waals surface area contributed by atoms with E-state index < -0.39 is 0 Å². The molecular formula is C16H18N4O3. The highest BCUT2D eigenvalue weighted by molar-refractivity contribution is 6.02. The van der Waals surface area contributed by atoms with Crippen molar-refractivity contribution in [2.75, 3.05) is 17.4 Å². The highest BCUT2D eigenvalue weighted by Gasteiger charge is 2.16. The maximum Gasteiger partial charge on any atom is 0.275 e. The average Bonchev–Trinajstić information content (AvgIpc) is 2.94. The van der Waals surface area contributed by atoms with Gasteiger partial charge in [0, 0.05) is 17.3 Å². The normalized spacial score (nSPS) is 12.8. The number of aromatic nitrogens is 2. The van der Waals surface area contributed by atoms with Gasteiger partial charge >= 0.3 is 0 Å². The molecule has 0 unspecified atom stereocenters. The molecule has 0 saturated heterocycles. The average molecular weight is 314 g/mol. The van der Waals surface area contributed by atoms with Crippen LogP contribution in [0.15, 0.2) is 30.6 Å². The first kappa shape index (κ1) is 15.1. The van der Waals surface area contributed by atoms with Gasteiger partial charge in [-0.1, -0.05) is 0 Å². The van der Waals surface area contributed by atoms with Gasteiger partial charge in [-0.3, -0.25) is 4.79 Å². The summed E-state index contributed by atoms with van der Waals surface area (Å²) in [6, 6.07) is 5.21. The number of anilines is 2. The molecule has 0 bridgehead atoms. The van der Waals surface area contributed by atoms with Gasteiger partial charge in [0.05, 0.1) is 12.4 Å². The lowest BCUT2D eigenvalue weighted by atomic mass is 10.1. The molecule has 2 N–H and O–H groups in total. The van der Waals surface area contributed by atoms with Gasteiger partial charge in [-0.05, 0) is 32.9 Å². The van der Waals surface area contributed by atoms with Crippen molar-refractivity contribution in [3.8, 4) is 11.5 Å². The van der Waals surface area contributed by atoms with Crippen LogP contribution in [0.4, 0.5) is 11.5 Å². The molecule has 1 amide bonds. The molecule has 0 atom stereocenters. The summed E-state index contributed by atoms with van der Waals surface area (Å²) in [5.74, 6) is 1.56. The van der Waals surface area contributed by atoms with Crippen LogP contribution in [-0.4, -0.2) is 28.2 Å². The molecule has 0 aliphatic carbocycles. The Labute approximate surface area is 134 Å². The van der Waals surface area contributed by atoms with Crippen LogP contribution in [0.2, 0.25) is 0 Å². The Morgan fingerprint density at radius 2 is 1.91 bits per heavy atom. The predicted molar refractivity (Wildman–Crippen MR) is 85.9 cm³/mol. The molecule has 1 aromatic heterocycles. The Hall–Kier alpha value is -2.83. The Morgan fingerprint density at radius 3 is 2.61 bits per heavy atom. The largest absolute Gasteiger partial charge is 0.454 e. The molecule has 0 radical (unpaired) electrons. The Bertz CT molecular complexity index is 723. The third kappa shape index (κ3) is 3.68. The second-order valence-corrected chi connectivity index (χ2v) is 6.18. The molecule has 2 heterocycles. The number of rotatable bonds is 3. The number of benzene rings is 1. The summed E-state index contributed by atoms with van der Waals surface area (Å²) in [6.45, 7) is 6.26. The number of hydrogen-bond acceptors (Lipinski definition) is 6. The van der Waals surface area contributed by atoms with Crippen LogP contribution in [-0.2, 0) is 0 Å². The van der Waals surface area contributed by atoms with E-state index in [1.807, 2.05) is 20.8 Å². The number of fused-ring (bicyclic) bond motifs is 1. The van der Waals surface area contributed by atoms with E-state index in [0.717, 1.165) is 0 Å². The van der Waals surface area contributed by atoms with Crippen molar-refractivity contribution in [1.82, 2.24) is 9.97 Å². The highest BCUT2D eigenvalue weighted by Crippen LogP contribution is 2.34. The number of carbonyl (C=O) groups is 1. The van der Waals surface area contributed by atoms with E-state index in [1.54, 1.807) is 24.4 Å². The van der Waals surface area contributed by atoms with Gasteiger partial charge in [0.1, 0.15) is 11.5 Å². The third-order valence-electron chi connectivity index (χ3n) is 3.02. The van der Waals surface area contributed by atoms with Crippen LogP contribution in [0.3, 0.4) is 0 Å². The molecular weight excluding hydrogens is 296 g/mol. The quantitative estimate of drug-likeness (QED) is 0.906. The molecule has 1 aliphatic rings. The van der Waals surface area contributed by atoms with Crippen molar-refractivity contribution < 1.29 is 14.3 Å². The monoisotopic (exact) mass is 314 g/mol. The standard InChI is InChI=1S/C16H18N4O3/c1-16(2,3)20-14-8-17-11(7-18-14)15(21)19-10-4-5-12-13(6-10)23-9-22-12/h4-8H,9H2,1-3H3,(H,18,20)(H,19,21). The molecule has 3 rings (SSSR count). The summed E-state index contributed by atoms with van der Waals surface area (Å²) >= 11 is 0. The maximum absolute atomic E-state index is 12.2. The van der Waals surface area contributed by atoms with E-state index in [0.29, 0.717) is 23.0 Å². The van der Waals surface area contributed by atoms with Crippen LogP contribution >= 0.6 is 0 Å². The minimum atomic E-state index is -0.335. The van der Waals surface area contributed by atoms with Gasteiger partial charge in [-0.2, -0.15) is 0 Å². The fourth-order valence-electron chi connectivity index (χ4n) is 2.06. The van der Waals surface area contributed by atoms with Crippen LogP contribution in [0.1, 0.15) is 31.3 Å². The molecule has 0 saturated carbocycles. The molecule has 23 heavy (non-hydrogen) atoms. The van der Waals surface area contributed by atoms with E-state index in [-0.39, 0.29) is 23.9 Å². The van der Waals surface area contributed by atoms with Gasteiger partial charge < -0.3 is 20.1 Å². The van der Waals surface area contributed by atoms with E-state index in [1.165, 1.54) is 6.20 Å². The number of nitrogens with one attached hydrogen (secondary N) is 2. The van der Waals surface area contributed by atoms with Crippen LogP contribution in [0, 0.1) is 0 Å². The number of ether oxygens (including phenoxy) is 2. The molecule has 1 aromatic carbocycles. The minimum Gasteiger partial charge on any atom is -0.454 e. The van der Waals surface area contributed by atoms with Gasteiger partial charge in [0.15, 0.2) is 11.5 Å². The predicted octanol–water partition coefficient (Wildman–Crippen LogP) is 2.67. The zero-order valence-electron chi connectivity index (χ0n) is 13.2. The zero-order valence-corrected chi connectivity index (χ0v) is 13.2. The molecule has 120 valence electrons. The zero-order chi connectivity index (χ0) is 16.4. The van der Waals surface area contributed by atoms with Crippen LogP contribution < -0.4 is 20.1 Å². The molecule has 2 aromatic rings. The summed E-state index contributed by atoms with van der Waals surface area (Å²) in [4.78, 5) is 20.5. The number of amides is 1. The summed E-state index contributed by atoms with van der Waals surface area (Å²) < 4.78 is 10.5. The van der Waals surface area contributed by atoms with Crippen LogP contribution in [0.5, 0.6) is 11.5 Å². The summed E-state index contributed by atoms with van der Waals surface area (Å²) in [7, 11) is 0. The lowest BCUT2D eigenvalue weighted by molar-refractivity contribution is 0.102. The molecule has 7 heteroatoms. The second kappa shape index (κ2) is 5.75. The Balaban J connectivity index is 1.68. The Kier molecular flexibility index (Phi) is 3.77. The molecule has 0 fully saturated rings. The van der Waals surface area contributed by atoms with E-state index in [9.17, 15) is 4.79 Å². The van der Waals surface area contributed by atoms with E-state index in [4.69, 9.17) is 9.47 Å². The topological polar surface area (TPSA) is 85.4 Å².